The summed E-state index contributed by atoms with van der Waals surface area (Å²) in [7, 11) is 3.20. The molecular weight excluding hydrogens is 410 g/mol. The topological polar surface area (TPSA) is 111 Å². The molecule has 0 aliphatic heterocycles. The molecule has 0 unspecified atom stereocenters. The van der Waals surface area contributed by atoms with Crippen LogP contribution in [0.5, 0.6) is 5.88 Å². The van der Waals surface area contributed by atoms with Crippen molar-refractivity contribution < 1.29 is 19.4 Å². The molecule has 0 spiro atoms. The Bertz CT molecular complexity index is 990. The first-order valence-electron chi connectivity index (χ1n) is 10.4. The van der Waals surface area contributed by atoms with Crippen LogP contribution >= 0.6 is 0 Å². The molecule has 0 aromatic carbocycles. The van der Waals surface area contributed by atoms with E-state index in [1.165, 1.54) is 18.0 Å². The number of ether oxygens (including phenoxy) is 2. The van der Waals surface area contributed by atoms with Gasteiger partial charge in [0.15, 0.2) is 5.82 Å². The number of aromatic hydroxyl groups is 1. The van der Waals surface area contributed by atoms with E-state index in [0.29, 0.717) is 48.8 Å². The molecule has 9 nitrogen and oxygen atoms in total. The smallest absolute Gasteiger partial charge is 0.252 e. The maximum absolute atomic E-state index is 12.4. The van der Waals surface area contributed by atoms with Crippen LogP contribution in [0.15, 0.2) is 54.1 Å². The third-order valence-electron chi connectivity index (χ3n) is 5.27. The zero-order chi connectivity index (χ0) is 23.0. The summed E-state index contributed by atoms with van der Waals surface area (Å²) in [5, 5.41) is 17.7. The number of pyridine rings is 1. The summed E-state index contributed by atoms with van der Waals surface area (Å²) in [4.78, 5) is 20.9. The van der Waals surface area contributed by atoms with Crippen molar-refractivity contribution in [1.82, 2.24) is 20.1 Å². The molecule has 1 aliphatic rings. The molecule has 2 aromatic rings. The largest absolute Gasteiger partial charge is 0.493 e. The van der Waals surface area contributed by atoms with E-state index in [9.17, 15) is 9.90 Å². The Balaban J connectivity index is 1.63. The number of aromatic nitrogens is 3. The summed E-state index contributed by atoms with van der Waals surface area (Å²) in [6, 6.07) is 3.30. The maximum Gasteiger partial charge on any atom is 0.252 e. The van der Waals surface area contributed by atoms with E-state index < -0.39 is 0 Å². The lowest BCUT2D eigenvalue weighted by Crippen LogP contribution is -2.32. The number of hydrogen-bond donors (Lipinski definition) is 2. The summed E-state index contributed by atoms with van der Waals surface area (Å²) in [5.41, 5.74) is 1.11. The standard InChI is InChI=1S/C23H29N5O4/c1-4-5-12-24-20(32-3)9-7-18-14-27-28(22(18)30)19-8-6-17(13-25-19)21(29)26-15-23(10-11-23)16-31-2/h4,6,8-9,12-14,30H,1,5,7,10-11,15-16H2,2-3H3,(H,26,29)/b20-9+,24-12-. The third-order valence-corrected chi connectivity index (χ3v) is 5.27. The molecule has 0 atom stereocenters. The van der Waals surface area contributed by atoms with Gasteiger partial charge in [-0.2, -0.15) is 9.78 Å². The first kappa shape index (κ1) is 23.2. The normalized spacial score (nSPS) is 15.0. The number of carbonyl (C=O) groups is 1. The van der Waals surface area contributed by atoms with Gasteiger partial charge in [0.05, 0.1) is 25.5 Å². The average molecular weight is 440 g/mol. The van der Waals surface area contributed by atoms with Crippen LogP contribution in [-0.4, -0.2) is 59.4 Å². The minimum atomic E-state index is -0.189. The second kappa shape index (κ2) is 10.7. The van der Waals surface area contributed by atoms with E-state index >= 15 is 0 Å². The molecule has 3 rings (SSSR count). The number of hydrogen-bond acceptors (Lipinski definition) is 7. The summed E-state index contributed by atoms with van der Waals surface area (Å²) in [5.74, 6) is 0.618. The van der Waals surface area contributed by atoms with Gasteiger partial charge in [-0.15, -0.1) is 6.58 Å². The first-order chi connectivity index (χ1) is 15.5. The number of rotatable bonds is 12. The fourth-order valence-corrected chi connectivity index (χ4v) is 3.16. The van der Waals surface area contributed by atoms with E-state index in [2.05, 4.69) is 27.0 Å². The fourth-order valence-electron chi connectivity index (χ4n) is 3.16. The zero-order valence-corrected chi connectivity index (χ0v) is 18.5. The van der Waals surface area contributed by atoms with Crippen molar-refractivity contribution in [2.45, 2.75) is 25.7 Å². The highest BCUT2D eigenvalue weighted by atomic mass is 16.5. The third kappa shape index (κ3) is 5.82. The molecule has 1 saturated carbocycles. The lowest BCUT2D eigenvalue weighted by atomic mass is 10.1. The van der Waals surface area contributed by atoms with Gasteiger partial charge in [-0.1, -0.05) is 6.08 Å². The maximum atomic E-state index is 12.4. The number of methoxy groups -OCH3 is 2. The highest BCUT2D eigenvalue weighted by Gasteiger charge is 2.42. The SMILES string of the molecule is C=CC/C=N\C(=C/Cc1cnn(-c2ccc(C(=O)NCC3(COC)CC3)cn2)c1O)OC. The zero-order valence-electron chi connectivity index (χ0n) is 18.5. The van der Waals surface area contributed by atoms with Crippen molar-refractivity contribution in [2.75, 3.05) is 27.4 Å². The highest BCUT2D eigenvalue weighted by molar-refractivity contribution is 5.94. The summed E-state index contributed by atoms with van der Waals surface area (Å²) >= 11 is 0. The van der Waals surface area contributed by atoms with Gasteiger partial charge in [-0.25, -0.2) is 9.98 Å². The second-order valence-electron chi connectivity index (χ2n) is 7.71. The molecule has 9 heteroatoms. The Morgan fingerprint density at radius 3 is 2.81 bits per heavy atom. The molecule has 2 heterocycles. The molecule has 2 aromatic heterocycles. The molecule has 170 valence electrons. The number of nitrogens with zero attached hydrogens (tertiary/aromatic N) is 4. The summed E-state index contributed by atoms with van der Waals surface area (Å²) < 4.78 is 11.7. The minimum absolute atomic E-state index is 0.0354. The van der Waals surface area contributed by atoms with E-state index in [1.807, 2.05) is 0 Å². The second-order valence-corrected chi connectivity index (χ2v) is 7.71. The molecule has 1 fully saturated rings. The Hall–Kier alpha value is -3.46. The van der Waals surface area contributed by atoms with Crippen LogP contribution in [0.4, 0.5) is 0 Å². The van der Waals surface area contributed by atoms with E-state index in [4.69, 9.17) is 9.47 Å². The van der Waals surface area contributed by atoms with E-state index in [-0.39, 0.29) is 17.2 Å². The van der Waals surface area contributed by atoms with Crippen LogP contribution in [0.2, 0.25) is 0 Å². The van der Waals surface area contributed by atoms with Crippen LogP contribution < -0.4 is 5.32 Å². The molecule has 0 saturated heterocycles. The van der Waals surface area contributed by atoms with Gasteiger partial charge in [-0.3, -0.25) is 4.79 Å². The monoisotopic (exact) mass is 439 g/mol. The average Bonchev–Trinajstić information content (AvgIpc) is 3.48. The lowest BCUT2D eigenvalue weighted by Gasteiger charge is -2.14. The Kier molecular flexibility index (Phi) is 7.77. The van der Waals surface area contributed by atoms with Gasteiger partial charge in [0, 0.05) is 49.9 Å². The van der Waals surface area contributed by atoms with E-state index in [0.717, 1.165) is 12.8 Å². The van der Waals surface area contributed by atoms with Crippen LogP contribution in [0.1, 0.15) is 35.2 Å². The Morgan fingerprint density at radius 2 is 2.19 bits per heavy atom. The van der Waals surface area contributed by atoms with Crippen molar-refractivity contribution in [1.29, 1.82) is 0 Å². The van der Waals surface area contributed by atoms with Gasteiger partial charge >= 0.3 is 0 Å². The van der Waals surface area contributed by atoms with Crippen molar-refractivity contribution in [3.8, 4) is 11.7 Å². The molecule has 32 heavy (non-hydrogen) atoms. The number of amides is 1. The Morgan fingerprint density at radius 1 is 1.38 bits per heavy atom. The van der Waals surface area contributed by atoms with Gasteiger partial charge in [-0.05, 0) is 31.1 Å². The predicted octanol–water partition coefficient (Wildman–Crippen LogP) is 2.81. The minimum Gasteiger partial charge on any atom is -0.493 e. The fraction of sp³-hybridized carbons (Fsp3) is 0.391. The number of carbonyl (C=O) groups excluding carboxylic acids is 1. The molecule has 2 N–H and O–H groups in total. The molecular formula is C23H29N5O4. The van der Waals surface area contributed by atoms with Gasteiger partial charge < -0.3 is 19.9 Å². The van der Waals surface area contributed by atoms with Gasteiger partial charge in [0.25, 0.3) is 5.91 Å². The van der Waals surface area contributed by atoms with Crippen LogP contribution in [-0.2, 0) is 15.9 Å². The quantitative estimate of drug-likeness (QED) is 0.299. The number of nitrogens with one attached hydrogen (secondary N) is 1. The molecule has 1 amide bonds. The molecule has 1 aliphatic carbocycles. The van der Waals surface area contributed by atoms with Crippen LogP contribution in [0, 0.1) is 5.41 Å². The summed E-state index contributed by atoms with van der Waals surface area (Å²) in [6.07, 6.45) is 11.3. The Labute approximate surface area is 187 Å². The van der Waals surface area contributed by atoms with Crippen molar-refractivity contribution in [3.63, 3.8) is 0 Å². The number of aliphatic imine (C=N–C) groups is 1. The number of allylic oxidation sites excluding steroid dienone is 2. The predicted molar refractivity (Wildman–Crippen MR) is 121 cm³/mol. The van der Waals surface area contributed by atoms with Crippen LogP contribution in [0.25, 0.3) is 5.82 Å². The van der Waals surface area contributed by atoms with E-state index in [1.54, 1.807) is 43.8 Å². The lowest BCUT2D eigenvalue weighted by molar-refractivity contribution is 0.0919. The van der Waals surface area contributed by atoms with Gasteiger partial charge in [0.2, 0.25) is 11.8 Å². The van der Waals surface area contributed by atoms with Crippen LogP contribution in [0.3, 0.4) is 0 Å². The first-order valence-corrected chi connectivity index (χ1v) is 10.4. The molecule has 0 bridgehead atoms. The highest BCUT2D eigenvalue weighted by Crippen LogP contribution is 2.45. The molecule has 0 radical (unpaired) electrons. The van der Waals surface area contributed by atoms with Crippen molar-refractivity contribution in [2.24, 2.45) is 10.4 Å². The van der Waals surface area contributed by atoms with Crippen molar-refractivity contribution >= 4 is 12.1 Å². The van der Waals surface area contributed by atoms with Gasteiger partial charge in [0.1, 0.15) is 0 Å². The van der Waals surface area contributed by atoms with Crippen molar-refractivity contribution in [3.05, 3.63) is 60.3 Å². The summed E-state index contributed by atoms with van der Waals surface area (Å²) in [6.45, 7) is 4.86.